The molecule has 3 heterocycles. The zero-order chi connectivity index (χ0) is 41.2. The fourth-order valence-electron chi connectivity index (χ4n) is 6.19. The molecule has 6 aromatic rings. The minimum Gasteiger partial charge on any atom is -0.493 e. The van der Waals surface area contributed by atoms with Gasteiger partial charge in [-0.25, -0.2) is 19.6 Å². The number of carboxylic acids is 1. The Morgan fingerprint density at radius 2 is 1.12 bits per heavy atom. The Labute approximate surface area is 338 Å². The van der Waals surface area contributed by atoms with Gasteiger partial charge in [0, 0.05) is 24.0 Å². The van der Waals surface area contributed by atoms with E-state index in [1.54, 1.807) is 45.0 Å². The number of aromatic nitrogens is 2. The lowest BCUT2D eigenvalue weighted by atomic mass is 10.0. The van der Waals surface area contributed by atoms with Gasteiger partial charge in [-0.15, -0.1) is 0 Å². The van der Waals surface area contributed by atoms with Gasteiger partial charge in [0.1, 0.15) is 28.6 Å². The smallest absolute Gasteiger partial charge is 0.410 e. The van der Waals surface area contributed by atoms with Crippen LogP contribution in [0.1, 0.15) is 54.8 Å². The van der Waals surface area contributed by atoms with Gasteiger partial charge in [0.15, 0.2) is 0 Å². The van der Waals surface area contributed by atoms with Gasteiger partial charge in [0.25, 0.3) is 0 Å². The Morgan fingerprint density at radius 1 is 0.655 bits per heavy atom. The second-order valence-electron chi connectivity index (χ2n) is 14.9. The molecule has 7 rings (SSSR count). The Balaban J connectivity index is 0.000000220. The van der Waals surface area contributed by atoms with Crippen LogP contribution in [0.3, 0.4) is 0 Å². The Kier molecular flexibility index (Phi) is 13.1. The largest absolute Gasteiger partial charge is 0.493 e. The van der Waals surface area contributed by atoms with Gasteiger partial charge in [-0.3, -0.25) is 4.90 Å². The molecule has 0 bridgehead atoms. The first-order chi connectivity index (χ1) is 27.8. The van der Waals surface area contributed by atoms with Crippen molar-refractivity contribution in [3.05, 3.63) is 149 Å². The van der Waals surface area contributed by atoms with Crippen molar-refractivity contribution < 1.29 is 37.7 Å². The molecule has 0 spiro atoms. The Morgan fingerprint density at radius 3 is 1.57 bits per heavy atom. The molecule has 0 radical (unpaired) electrons. The molecule has 300 valence electrons. The maximum Gasteiger partial charge on any atom is 0.410 e. The van der Waals surface area contributed by atoms with Crippen molar-refractivity contribution in [2.24, 2.45) is 0 Å². The monoisotopic (exact) mass is 783 g/mol. The average Bonchev–Trinajstić information content (AvgIpc) is 3.93. The number of ether oxygens (including phenoxy) is 3. The number of hydrogen-bond donors (Lipinski definition) is 1. The topological polar surface area (TPSA) is 137 Å². The van der Waals surface area contributed by atoms with Crippen LogP contribution in [0.2, 0.25) is 0 Å². The van der Waals surface area contributed by atoms with Crippen LogP contribution >= 0.6 is 0 Å². The fraction of sp³-hybridized carbons (Fsp3) is 0.277. The lowest BCUT2D eigenvalue weighted by Gasteiger charge is -2.24. The third kappa shape index (κ3) is 11.0. The number of aliphatic carboxylic acids is 1. The summed E-state index contributed by atoms with van der Waals surface area (Å²) in [7, 11) is 0. The third-order valence-electron chi connectivity index (χ3n) is 9.24. The van der Waals surface area contributed by atoms with E-state index in [9.17, 15) is 14.7 Å². The van der Waals surface area contributed by atoms with Gasteiger partial charge in [0.05, 0.1) is 43.3 Å². The predicted molar refractivity (Wildman–Crippen MR) is 222 cm³/mol. The number of carbonyl (C=O) groups is 2. The molecule has 0 atom stereocenters. The summed E-state index contributed by atoms with van der Waals surface area (Å²) in [5, 5.41) is 9.68. The van der Waals surface area contributed by atoms with Crippen molar-refractivity contribution in [1.82, 2.24) is 14.9 Å². The molecule has 2 aromatic heterocycles. The molecule has 1 amide bonds. The van der Waals surface area contributed by atoms with Crippen LogP contribution in [-0.2, 0) is 22.4 Å². The van der Waals surface area contributed by atoms with E-state index in [-0.39, 0.29) is 18.7 Å². The summed E-state index contributed by atoms with van der Waals surface area (Å²) < 4.78 is 28.6. The second-order valence-corrected chi connectivity index (χ2v) is 14.9. The number of nitrogens with zero attached hydrogens (tertiary/aromatic N) is 3. The number of carboxylic acid groups (broad SMARTS) is 1. The summed E-state index contributed by atoms with van der Waals surface area (Å²) in [6.45, 7) is 12.4. The van der Waals surface area contributed by atoms with Crippen LogP contribution in [0.4, 0.5) is 4.79 Å². The van der Waals surface area contributed by atoms with Gasteiger partial charge in [-0.05, 0) is 101 Å². The van der Waals surface area contributed by atoms with Gasteiger partial charge >= 0.3 is 12.1 Å². The van der Waals surface area contributed by atoms with Crippen molar-refractivity contribution in [3.63, 3.8) is 0 Å². The Hall–Kier alpha value is -6.62. The number of carbonyl (C=O) groups excluding carboxylic acids is 1. The lowest BCUT2D eigenvalue weighted by molar-refractivity contribution is -0.132. The molecule has 11 heteroatoms. The van der Waals surface area contributed by atoms with E-state index in [1.807, 2.05) is 98.8 Å². The summed E-state index contributed by atoms with van der Waals surface area (Å²) in [5.41, 5.74) is 5.79. The molecule has 11 nitrogen and oxygen atoms in total. The highest BCUT2D eigenvalue weighted by Gasteiger charge is 2.33. The van der Waals surface area contributed by atoms with Crippen molar-refractivity contribution in [2.75, 3.05) is 26.3 Å². The molecule has 0 saturated carbocycles. The van der Waals surface area contributed by atoms with Crippen LogP contribution in [0, 0.1) is 20.8 Å². The van der Waals surface area contributed by atoms with E-state index in [4.69, 9.17) is 23.0 Å². The van der Waals surface area contributed by atoms with Crippen molar-refractivity contribution in [1.29, 1.82) is 0 Å². The zero-order valence-electron chi connectivity index (χ0n) is 33.8. The number of oxazole rings is 2. The van der Waals surface area contributed by atoms with E-state index in [0.29, 0.717) is 42.7 Å². The maximum absolute atomic E-state index is 12.5. The molecule has 0 fully saturated rings. The number of amides is 1. The molecule has 4 aromatic carbocycles. The van der Waals surface area contributed by atoms with Gasteiger partial charge in [-0.2, -0.15) is 0 Å². The SMILES string of the molecule is Cc1ccc(OCCc2nc(-c3ccccc3)oc2C)cc1.Cc1oc(-c2ccccc2)nc1CCOc1ccc(C2=C(C(=O)O)CN(C(=O)OC(C)(C)C)C2)cc1. The fourth-order valence-corrected chi connectivity index (χ4v) is 6.19. The normalized spacial score (nSPS) is 12.6. The summed E-state index contributed by atoms with van der Waals surface area (Å²) in [5.74, 6) is 3.37. The van der Waals surface area contributed by atoms with E-state index in [1.165, 1.54) is 10.5 Å². The number of hydrogen-bond acceptors (Lipinski definition) is 9. The van der Waals surface area contributed by atoms with E-state index >= 15 is 0 Å². The van der Waals surface area contributed by atoms with Crippen molar-refractivity contribution in [2.45, 2.75) is 60.0 Å². The average molecular weight is 784 g/mol. The minimum absolute atomic E-state index is 0.000146. The molecule has 0 unspecified atom stereocenters. The van der Waals surface area contributed by atoms with Crippen molar-refractivity contribution >= 4 is 17.6 Å². The summed E-state index contributed by atoms with van der Waals surface area (Å²) in [4.78, 5) is 34.9. The third-order valence-corrected chi connectivity index (χ3v) is 9.24. The van der Waals surface area contributed by atoms with Crippen molar-refractivity contribution in [3.8, 4) is 34.4 Å². The maximum atomic E-state index is 12.5. The molecule has 1 aliphatic heterocycles. The summed E-state index contributed by atoms with van der Waals surface area (Å²) in [6.07, 6.45) is 0.786. The van der Waals surface area contributed by atoms with Crippen LogP contribution in [-0.4, -0.2) is 63.9 Å². The molecule has 0 aliphatic carbocycles. The summed E-state index contributed by atoms with van der Waals surface area (Å²) in [6, 6.07) is 34.9. The quantitative estimate of drug-likeness (QED) is 0.128. The van der Waals surface area contributed by atoms with Crippen LogP contribution < -0.4 is 9.47 Å². The van der Waals surface area contributed by atoms with Crippen LogP contribution in [0.5, 0.6) is 11.5 Å². The van der Waals surface area contributed by atoms with E-state index in [2.05, 4.69) is 16.9 Å². The number of benzene rings is 4. The first-order valence-corrected chi connectivity index (χ1v) is 19.2. The standard InChI is InChI=1S/C28H30N2O6.C19H19NO2/c1-18-24(29-25(35-18)20-8-6-5-7-9-20)14-15-34-21-12-10-19(11-13-21)22-16-30(17-23(22)26(31)32)27(33)36-28(2,3)4;1-14-8-10-17(11-9-14)21-13-12-18-15(2)22-19(20-18)16-6-4-3-5-7-16/h5-13H,14-17H2,1-4H3,(H,31,32);3-11H,12-13H2,1-2H3. The predicted octanol–water partition coefficient (Wildman–Crippen LogP) is 9.94. The second kappa shape index (κ2) is 18.5. The first-order valence-electron chi connectivity index (χ1n) is 19.2. The van der Waals surface area contributed by atoms with Crippen LogP contribution in [0.15, 0.2) is 124 Å². The molecule has 1 N–H and O–H groups in total. The van der Waals surface area contributed by atoms with Crippen LogP contribution in [0.25, 0.3) is 28.5 Å². The Bertz CT molecular complexity index is 2320. The highest BCUT2D eigenvalue weighted by molar-refractivity contribution is 6.00. The van der Waals surface area contributed by atoms with E-state index in [0.717, 1.165) is 51.8 Å². The van der Waals surface area contributed by atoms with Gasteiger partial charge in [0.2, 0.25) is 11.8 Å². The zero-order valence-corrected chi connectivity index (χ0v) is 33.8. The summed E-state index contributed by atoms with van der Waals surface area (Å²) >= 11 is 0. The molecule has 58 heavy (non-hydrogen) atoms. The lowest BCUT2D eigenvalue weighted by Crippen LogP contribution is -2.36. The molecule has 1 aliphatic rings. The molecular formula is C47H49N3O8. The first kappa shape index (κ1) is 41.0. The number of rotatable bonds is 12. The number of aryl methyl sites for hydroxylation is 3. The molecule has 0 saturated heterocycles. The highest BCUT2D eigenvalue weighted by atomic mass is 16.6. The minimum atomic E-state index is -1.05. The van der Waals surface area contributed by atoms with Gasteiger partial charge in [-0.1, -0.05) is 66.2 Å². The highest BCUT2D eigenvalue weighted by Crippen LogP contribution is 2.30. The molecular weight excluding hydrogens is 735 g/mol. The van der Waals surface area contributed by atoms with Gasteiger partial charge < -0.3 is 28.2 Å². The van der Waals surface area contributed by atoms with E-state index < -0.39 is 17.7 Å².